The van der Waals surface area contributed by atoms with Crippen LogP contribution in [-0.4, -0.2) is 120 Å². The third kappa shape index (κ3) is 34.2. The zero-order valence-corrected chi connectivity index (χ0v) is 42.6. The first-order valence-electron chi connectivity index (χ1n) is 24.7. The number of quaternary nitrogens is 1. The van der Waals surface area contributed by atoms with Gasteiger partial charge in [-0.05, 0) is 81.3 Å². The largest absolute Gasteiger partial charge is 0.461 e. The summed E-state index contributed by atoms with van der Waals surface area (Å²) < 4.78 is 41.1. The third-order valence-electron chi connectivity index (χ3n) is 11.5. The van der Waals surface area contributed by atoms with Gasteiger partial charge in [0.2, 0.25) is 10.0 Å². The topological polar surface area (TPSA) is 105 Å². The Labute approximate surface area is 373 Å². The molecule has 2 atom stereocenters. The van der Waals surface area contributed by atoms with Gasteiger partial charge in [0, 0.05) is 32.5 Å². The van der Waals surface area contributed by atoms with Gasteiger partial charge in [-0.2, -0.15) is 0 Å². The molecule has 60 heavy (non-hydrogen) atoms. The van der Waals surface area contributed by atoms with Crippen molar-refractivity contribution in [3.05, 3.63) is 0 Å². The summed E-state index contributed by atoms with van der Waals surface area (Å²) in [6, 6.07) is 0. The van der Waals surface area contributed by atoms with Gasteiger partial charge in [-0.25, -0.2) is 13.1 Å². The maximum Gasteiger partial charge on any atom is 0.311 e. The van der Waals surface area contributed by atoms with Crippen molar-refractivity contribution in [3.8, 4) is 0 Å². The zero-order valence-electron chi connectivity index (χ0n) is 41.8. The molecule has 2 unspecified atom stereocenters. The van der Waals surface area contributed by atoms with Crippen LogP contribution in [-0.2, 0) is 29.1 Å². The molecule has 0 radical (unpaired) electrons. The molecule has 11 heteroatoms. The molecule has 0 rings (SSSR count). The average molecular weight is 874 g/mol. The quantitative estimate of drug-likeness (QED) is 0.0282. The normalized spacial score (nSPS) is 13.9. The molecule has 10 nitrogen and oxygen atoms in total. The molecule has 0 aliphatic carbocycles. The fourth-order valence-corrected chi connectivity index (χ4v) is 8.51. The molecular formula is C49H101N4O6S+. The molecule has 358 valence electrons. The monoisotopic (exact) mass is 874 g/mol. The Morgan fingerprint density at radius 2 is 0.917 bits per heavy atom. The summed E-state index contributed by atoms with van der Waals surface area (Å²) in [5, 5.41) is 0. The van der Waals surface area contributed by atoms with E-state index < -0.39 is 20.9 Å². The van der Waals surface area contributed by atoms with Crippen molar-refractivity contribution in [2.45, 2.75) is 222 Å². The standard InChI is InChI=1S/C49H101N4O6S/c1-13-15-17-19-21-23-25-27-29-31-35-44(58-46(54)48(3,4)5)41-52(37-33-38-53(11,12)39-34-40-60(56,57)50-43-51(9)10)42-45(59-47(55)49(6,7)8)36-32-30-28-26-24-22-20-18-16-14-2/h44-45,50H,13-43H2,1-12H3/q+1. The van der Waals surface area contributed by atoms with E-state index in [4.69, 9.17) is 9.47 Å². The van der Waals surface area contributed by atoms with E-state index >= 15 is 0 Å². The van der Waals surface area contributed by atoms with Gasteiger partial charge in [-0.3, -0.25) is 19.4 Å². The highest BCUT2D eigenvalue weighted by molar-refractivity contribution is 7.89. The molecule has 0 heterocycles. The molecule has 0 aliphatic rings. The number of carbonyl (C=O) groups excluding carboxylic acids is 2. The average Bonchev–Trinajstić information content (AvgIpc) is 3.14. The summed E-state index contributed by atoms with van der Waals surface area (Å²) in [6.07, 6.45) is 27.7. The van der Waals surface area contributed by atoms with Crippen molar-refractivity contribution in [3.63, 3.8) is 0 Å². The number of ether oxygens (including phenoxy) is 2. The summed E-state index contributed by atoms with van der Waals surface area (Å²) in [5.74, 6) is -0.240. The minimum atomic E-state index is -3.33. The Morgan fingerprint density at radius 3 is 1.27 bits per heavy atom. The number of sulfonamides is 1. The molecule has 0 spiro atoms. The number of unbranched alkanes of at least 4 members (excludes halogenated alkanes) is 18. The van der Waals surface area contributed by atoms with Crippen molar-refractivity contribution in [2.75, 3.05) is 73.3 Å². The molecule has 1 N–H and O–H groups in total. The minimum absolute atomic E-state index is 0.105. The molecule has 0 bridgehead atoms. The van der Waals surface area contributed by atoms with Gasteiger partial charge in [0.25, 0.3) is 0 Å². The van der Waals surface area contributed by atoms with E-state index in [0.29, 0.717) is 30.7 Å². The molecule has 0 aliphatic heterocycles. The number of carbonyl (C=O) groups is 2. The smallest absolute Gasteiger partial charge is 0.311 e. The minimum Gasteiger partial charge on any atom is -0.461 e. The Bertz CT molecular complexity index is 1120. The first kappa shape index (κ1) is 58.7. The van der Waals surface area contributed by atoms with Crippen molar-refractivity contribution in [1.82, 2.24) is 14.5 Å². The lowest BCUT2D eigenvalue weighted by Crippen LogP contribution is -2.46. The highest BCUT2D eigenvalue weighted by Gasteiger charge is 2.31. The number of nitrogens with one attached hydrogen (secondary N) is 1. The van der Waals surface area contributed by atoms with Crippen molar-refractivity contribution < 1.29 is 32.0 Å². The molecule has 0 saturated heterocycles. The summed E-state index contributed by atoms with van der Waals surface area (Å²) in [5.41, 5.74) is -1.20. The second kappa shape index (κ2) is 33.3. The molecule has 0 saturated carbocycles. The van der Waals surface area contributed by atoms with Crippen LogP contribution in [0.5, 0.6) is 0 Å². The van der Waals surface area contributed by atoms with E-state index in [1.165, 1.54) is 103 Å². The SMILES string of the molecule is CCCCCCCCCCCCC(CN(CCC[N+](C)(C)CCCS(=O)(=O)NCN(C)C)CC(CCCCCCCCCCCC)OC(=O)C(C)(C)C)OC(=O)C(C)(C)C. The Kier molecular flexibility index (Phi) is 32.6. The second-order valence-corrected chi connectivity index (χ2v) is 23.0. The number of esters is 2. The Balaban J connectivity index is 5.93. The van der Waals surface area contributed by atoms with Crippen molar-refractivity contribution in [2.24, 2.45) is 10.8 Å². The van der Waals surface area contributed by atoms with Crippen LogP contribution in [0.15, 0.2) is 0 Å². The molecule has 0 aromatic carbocycles. The van der Waals surface area contributed by atoms with Crippen LogP contribution >= 0.6 is 0 Å². The summed E-state index contributed by atoms with van der Waals surface area (Å²) in [6.45, 7) is 19.9. The number of hydrogen-bond acceptors (Lipinski definition) is 8. The van der Waals surface area contributed by atoms with Crippen LogP contribution in [0.25, 0.3) is 0 Å². The number of nitrogens with zero attached hydrogens (tertiary/aromatic N) is 3. The second-order valence-electron chi connectivity index (χ2n) is 21.0. The van der Waals surface area contributed by atoms with Crippen LogP contribution < -0.4 is 4.72 Å². The molecular weight excluding hydrogens is 773 g/mol. The van der Waals surface area contributed by atoms with E-state index in [0.717, 1.165) is 64.6 Å². The Hall–Kier alpha value is -1.27. The van der Waals surface area contributed by atoms with Gasteiger partial charge in [-0.1, -0.05) is 129 Å². The summed E-state index contributed by atoms with van der Waals surface area (Å²) in [4.78, 5) is 30.9. The number of hydrogen-bond donors (Lipinski definition) is 1. The molecule has 0 aromatic heterocycles. The molecule has 0 fully saturated rings. The summed E-state index contributed by atoms with van der Waals surface area (Å²) in [7, 11) is 4.69. The van der Waals surface area contributed by atoms with E-state index in [-0.39, 0.29) is 29.9 Å². The third-order valence-corrected chi connectivity index (χ3v) is 12.9. The molecule has 0 aromatic rings. The lowest BCUT2D eigenvalue weighted by molar-refractivity contribution is -0.890. The van der Waals surface area contributed by atoms with Crippen molar-refractivity contribution in [1.29, 1.82) is 0 Å². The van der Waals surface area contributed by atoms with Gasteiger partial charge in [0.05, 0.1) is 50.4 Å². The van der Waals surface area contributed by atoms with E-state index in [2.05, 4.69) is 37.6 Å². The highest BCUT2D eigenvalue weighted by Crippen LogP contribution is 2.23. The maximum atomic E-state index is 13.4. The van der Waals surface area contributed by atoms with Gasteiger partial charge in [0.1, 0.15) is 12.2 Å². The lowest BCUT2D eigenvalue weighted by Gasteiger charge is -2.34. The summed E-state index contributed by atoms with van der Waals surface area (Å²) >= 11 is 0. The first-order valence-corrected chi connectivity index (χ1v) is 26.4. The fraction of sp³-hybridized carbons (Fsp3) is 0.959. The number of rotatable bonds is 39. The van der Waals surface area contributed by atoms with Crippen LogP contribution in [0.4, 0.5) is 0 Å². The van der Waals surface area contributed by atoms with Crippen LogP contribution in [0.2, 0.25) is 0 Å². The van der Waals surface area contributed by atoms with Gasteiger partial charge < -0.3 is 14.0 Å². The predicted octanol–water partition coefficient (Wildman–Crippen LogP) is 11.1. The predicted molar refractivity (Wildman–Crippen MR) is 255 cm³/mol. The van der Waals surface area contributed by atoms with Crippen LogP contribution in [0.3, 0.4) is 0 Å². The fourth-order valence-electron chi connectivity index (χ4n) is 7.40. The Morgan fingerprint density at radius 1 is 0.567 bits per heavy atom. The highest BCUT2D eigenvalue weighted by atomic mass is 32.2. The lowest BCUT2D eigenvalue weighted by atomic mass is 9.97. The molecule has 0 amide bonds. The van der Waals surface area contributed by atoms with E-state index in [1.54, 1.807) is 4.90 Å². The maximum absolute atomic E-state index is 13.4. The van der Waals surface area contributed by atoms with Gasteiger partial charge in [0.15, 0.2) is 0 Å². The van der Waals surface area contributed by atoms with E-state index in [9.17, 15) is 18.0 Å². The van der Waals surface area contributed by atoms with Gasteiger partial charge in [-0.15, -0.1) is 0 Å². The van der Waals surface area contributed by atoms with Crippen LogP contribution in [0, 0.1) is 10.8 Å². The van der Waals surface area contributed by atoms with Gasteiger partial charge >= 0.3 is 11.9 Å². The van der Waals surface area contributed by atoms with E-state index in [1.807, 2.05) is 55.6 Å². The first-order chi connectivity index (χ1) is 28.1. The zero-order chi connectivity index (χ0) is 45.5. The van der Waals surface area contributed by atoms with Crippen molar-refractivity contribution >= 4 is 22.0 Å². The van der Waals surface area contributed by atoms with Crippen LogP contribution in [0.1, 0.15) is 209 Å².